The van der Waals surface area contributed by atoms with Crippen LogP contribution in [0.1, 0.15) is 10.5 Å². The topological polar surface area (TPSA) is 113 Å². The zero-order valence-corrected chi connectivity index (χ0v) is 10.1. The predicted octanol–water partition coefficient (Wildman–Crippen LogP) is 0.0940. The molecule has 0 saturated carbocycles. The summed E-state index contributed by atoms with van der Waals surface area (Å²) >= 11 is 0. The number of hydrogen-bond donors (Lipinski definition) is 4. The van der Waals surface area contributed by atoms with Gasteiger partial charge in [-0.3, -0.25) is 4.79 Å². The van der Waals surface area contributed by atoms with Gasteiger partial charge in [0.25, 0.3) is 5.91 Å². The third-order valence-electron chi connectivity index (χ3n) is 2.38. The van der Waals surface area contributed by atoms with Gasteiger partial charge < -0.3 is 25.8 Å². The molecule has 1 heterocycles. The number of nitrogen functional groups attached to an aromatic ring is 1. The molecule has 100 valence electrons. The highest BCUT2D eigenvalue weighted by Crippen LogP contribution is 2.12. The summed E-state index contributed by atoms with van der Waals surface area (Å²) in [5.74, 6) is 0.317. The summed E-state index contributed by atoms with van der Waals surface area (Å²) in [6, 6.07) is 6.97. The SMILES string of the molecule is Nc1ccc(OCCNC(=O)c2c[nH]c(=O)[nH]2)cc1. The minimum absolute atomic E-state index is 0.192. The van der Waals surface area contributed by atoms with E-state index >= 15 is 0 Å². The highest BCUT2D eigenvalue weighted by Gasteiger charge is 2.06. The minimum Gasteiger partial charge on any atom is -0.492 e. The number of anilines is 1. The summed E-state index contributed by atoms with van der Waals surface area (Å²) in [5.41, 5.74) is 5.99. The van der Waals surface area contributed by atoms with E-state index < -0.39 is 5.69 Å². The molecule has 1 amide bonds. The monoisotopic (exact) mass is 262 g/mol. The molecule has 7 heteroatoms. The fraction of sp³-hybridized carbons (Fsp3) is 0.167. The Morgan fingerprint density at radius 2 is 2.05 bits per heavy atom. The standard InChI is InChI=1S/C12H14N4O3/c13-8-1-3-9(4-2-8)19-6-5-14-11(17)10-7-15-12(18)16-10/h1-4,7H,5-6,13H2,(H,14,17)(H2,15,16,18). The number of hydrogen-bond acceptors (Lipinski definition) is 4. The molecule has 2 rings (SSSR count). The Morgan fingerprint density at radius 1 is 1.32 bits per heavy atom. The van der Waals surface area contributed by atoms with E-state index in [0.29, 0.717) is 24.6 Å². The molecule has 2 aromatic rings. The maximum absolute atomic E-state index is 11.5. The lowest BCUT2D eigenvalue weighted by atomic mass is 10.3. The van der Waals surface area contributed by atoms with Crippen LogP contribution in [0.2, 0.25) is 0 Å². The van der Waals surface area contributed by atoms with E-state index in [2.05, 4.69) is 15.3 Å². The van der Waals surface area contributed by atoms with E-state index in [0.717, 1.165) is 0 Å². The van der Waals surface area contributed by atoms with Gasteiger partial charge >= 0.3 is 5.69 Å². The average Bonchev–Trinajstić information content (AvgIpc) is 2.83. The van der Waals surface area contributed by atoms with Crippen molar-refractivity contribution in [2.45, 2.75) is 0 Å². The van der Waals surface area contributed by atoms with Gasteiger partial charge in [-0.15, -0.1) is 0 Å². The Kier molecular flexibility index (Phi) is 3.87. The largest absolute Gasteiger partial charge is 0.492 e. The second-order valence-corrected chi connectivity index (χ2v) is 3.83. The fourth-order valence-corrected chi connectivity index (χ4v) is 1.45. The molecule has 1 aromatic heterocycles. The van der Waals surface area contributed by atoms with Gasteiger partial charge in [-0.1, -0.05) is 0 Å². The third kappa shape index (κ3) is 3.63. The lowest BCUT2D eigenvalue weighted by Crippen LogP contribution is -2.28. The summed E-state index contributed by atoms with van der Waals surface area (Å²) in [6.45, 7) is 0.654. The highest BCUT2D eigenvalue weighted by molar-refractivity contribution is 5.91. The van der Waals surface area contributed by atoms with Crippen LogP contribution in [0.15, 0.2) is 35.3 Å². The fourth-order valence-electron chi connectivity index (χ4n) is 1.45. The normalized spacial score (nSPS) is 10.1. The molecule has 1 aromatic carbocycles. The lowest BCUT2D eigenvalue weighted by Gasteiger charge is -2.07. The molecule has 0 aliphatic carbocycles. The number of nitrogens with two attached hydrogens (primary N) is 1. The van der Waals surface area contributed by atoms with Crippen molar-refractivity contribution in [1.29, 1.82) is 0 Å². The van der Waals surface area contributed by atoms with Crippen LogP contribution in [-0.2, 0) is 0 Å². The molecule has 0 aliphatic heterocycles. The summed E-state index contributed by atoms with van der Waals surface area (Å²) < 4.78 is 5.40. The molecular weight excluding hydrogens is 248 g/mol. The Morgan fingerprint density at radius 3 is 2.68 bits per heavy atom. The van der Waals surface area contributed by atoms with Crippen LogP contribution < -0.4 is 21.5 Å². The number of ether oxygens (including phenoxy) is 1. The number of benzene rings is 1. The summed E-state index contributed by atoms with van der Waals surface area (Å²) in [7, 11) is 0. The molecule has 0 saturated heterocycles. The number of aromatic nitrogens is 2. The van der Waals surface area contributed by atoms with Gasteiger partial charge in [0, 0.05) is 11.9 Å². The van der Waals surface area contributed by atoms with E-state index in [1.54, 1.807) is 24.3 Å². The molecule has 0 unspecified atom stereocenters. The molecule has 0 aliphatic rings. The van der Waals surface area contributed by atoms with Crippen molar-refractivity contribution in [1.82, 2.24) is 15.3 Å². The molecule has 5 N–H and O–H groups in total. The first-order valence-electron chi connectivity index (χ1n) is 5.69. The zero-order chi connectivity index (χ0) is 13.7. The molecule has 7 nitrogen and oxygen atoms in total. The highest BCUT2D eigenvalue weighted by atomic mass is 16.5. The quantitative estimate of drug-likeness (QED) is 0.452. The van der Waals surface area contributed by atoms with Crippen LogP contribution in [0.4, 0.5) is 5.69 Å². The van der Waals surface area contributed by atoms with E-state index in [9.17, 15) is 9.59 Å². The number of nitrogens with one attached hydrogen (secondary N) is 3. The summed E-state index contributed by atoms with van der Waals surface area (Å²) in [6.07, 6.45) is 1.32. The third-order valence-corrected chi connectivity index (χ3v) is 2.38. The van der Waals surface area contributed by atoms with Crippen molar-refractivity contribution >= 4 is 11.6 Å². The number of H-pyrrole nitrogens is 2. The van der Waals surface area contributed by atoms with Gasteiger partial charge in [0.2, 0.25) is 0 Å². The predicted molar refractivity (Wildman–Crippen MR) is 70.1 cm³/mol. The first kappa shape index (κ1) is 12.7. The van der Waals surface area contributed by atoms with Crippen molar-refractivity contribution in [2.75, 3.05) is 18.9 Å². The van der Waals surface area contributed by atoms with Crippen molar-refractivity contribution in [3.05, 3.63) is 46.6 Å². The van der Waals surface area contributed by atoms with Crippen LogP contribution in [0, 0.1) is 0 Å². The van der Waals surface area contributed by atoms with Crippen LogP contribution in [0.5, 0.6) is 5.75 Å². The summed E-state index contributed by atoms with van der Waals surface area (Å²) in [4.78, 5) is 27.1. The molecule has 0 bridgehead atoms. The molecule has 0 spiro atoms. The summed E-state index contributed by atoms with van der Waals surface area (Å²) in [5, 5.41) is 2.62. The second kappa shape index (κ2) is 5.76. The van der Waals surface area contributed by atoms with E-state index in [1.165, 1.54) is 6.20 Å². The van der Waals surface area contributed by atoms with Gasteiger partial charge in [0.05, 0.1) is 6.54 Å². The average molecular weight is 262 g/mol. The Hall–Kier alpha value is -2.70. The number of carbonyl (C=O) groups excluding carboxylic acids is 1. The molecule has 19 heavy (non-hydrogen) atoms. The smallest absolute Gasteiger partial charge is 0.323 e. The van der Waals surface area contributed by atoms with Gasteiger partial charge in [0.15, 0.2) is 0 Å². The van der Waals surface area contributed by atoms with E-state index in [-0.39, 0.29) is 11.6 Å². The van der Waals surface area contributed by atoms with Gasteiger partial charge in [0.1, 0.15) is 18.1 Å². The molecule has 0 fully saturated rings. The van der Waals surface area contributed by atoms with Gasteiger partial charge in [-0.2, -0.15) is 0 Å². The Bertz CT molecular complexity index is 600. The Labute approximate surface area is 108 Å². The van der Waals surface area contributed by atoms with Crippen LogP contribution in [0.3, 0.4) is 0 Å². The minimum atomic E-state index is -0.414. The maximum Gasteiger partial charge on any atom is 0.323 e. The number of rotatable bonds is 5. The van der Waals surface area contributed by atoms with Crippen molar-refractivity contribution in [3.8, 4) is 5.75 Å². The Balaban J connectivity index is 1.73. The zero-order valence-electron chi connectivity index (χ0n) is 10.1. The second-order valence-electron chi connectivity index (χ2n) is 3.83. The number of carbonyl (C=O) groups is 1. The van der Waals surface area contributed by atoms with Crippen LogP contribution in [0.25, 0.3) is 0 Å². The molecular formula is C12H14N4O3. The number of amides is 1. The van der Waals surface area contributed by atoms with Crippen LogP contribution in [-0.4, -0.2) is 29.0 Å². The number of aromatic amines is 2. The van der Waals surface area contributed by atoms with Crippen molar-refractivity contribution in [3.63, 3.8) is 0 Å². The molecule has 0 atom stereocenters. The van der Waals surface area contributed by atoms with Gasteiger partial charge in [-0.05, 0) is 24.3 Å². The number of imidazole rings is 1. The first-order chi connectivity index (χ1) is 9.15. The van der Waals surface area contributed by atoms with E-state index in [4.69, 9.17) is 10.5 Å². The first-order valence-corrected chi connectivity index (χ1v) is 5.69. The van der Waals surface area contributed by atoms with Gasteiger partial charge in [-0.25, -0.2) is 4.79 Å². The molecule has 0 radical (unpaired) electrons. The van der Waals surface area contributed by atoms with Crippen molar-refractivity contribution < 1.29 is 9.53 Å². The maximum atomic E-state index is 11.5. The van der Waals surface area contributed by atoms with Crippen LogP contribution >= 0.6 is 0 Å². The van der Waals surface area contributed by atoms with Crippen molar-refractivity contribution in [2.24, 2.45) is 0 Å². The lowest BCUT2D eigenvalue weighted by molar-refractivity contribution is 0.0942. The van der Waals surface area contributed by atoms with E-state index in [1.807, 2.05) is 0 Å².